The van der Waals surface area contributed by atoms with Crippen molar-refractivity contribution in [2.75, 3.05) is 66.1 Å². The molecule has 2 aromatic rings. The van der Waals surface area contributed by atoms with Crippen LogP contribution in [0.1, 0.15) is 46.4 Å². The molecule has 2 aromatic carbocycles. The maximum Gasteiger partial charge on any atom is 0.338 e. The minimum atomic E-state index is -0.332. The van der Waals surface area contributed by atoms with Gasteiger partial charge in [0.05, 0.1) is 64.0 Å². The highest BCUT2D eigenvalue weighted by Crippen LogP contribution is 2.21. The maximum atomic E-state index is 12.3. The number of carbonyl (C=O) groups is 2. The molecule has 0 unspecified atom stereocenters. The smallest absolute Gasteiger partial charge is 0.338 e. The summed E-state index contributed by atoms with van der Waals surface area (Å²) in [7, 11) is 0. The topological polar surface area (TPSA) is 89.5 Å². The zero-order valence-electron chi connectivity index (χ0n) is 21.9. The average molecular weight is 527 g/mol. The van der Waals surface area contributed by atoms with Gasteiger partial charge >= 0.3 is 11.9 Å². The Labute approximate surface area is 224 Å². The lowest BCUT2D eigenvalue weighted by Crippen LogP contribution is -2.31. The summed E-state index contributed by atoms with van der Waals surface area (Å²) in [5, 5.41) is 0. The van der Waals surface area contributed by atoms with Crippen LogP contribution in [-0.2, 0) is 28.4 Å². The molecule has 0 N–H and O–H groups in total. The highest BCUT2D eigenvalue weighted by molar-refractivity contribution is 5.91. The lowest BCUT2D eigenvalue weighted by Gasteiger charge is -2.25. The predicted molar refractivity (Wildman–Crippen MR) is 141 cm³/mol. The lowest BCUT2D eigenvalue weighted by molar-refractivity contribution is -0.0720. The van der Waals surface area contributed by atoms with Gasteiger partial charge in [0, 0.05) is 25.0 Å². The second kappa shape index (κ2) is 15.6. The van der Waals surface area contributed by atoms with Crippen molar-refractivity contribution in [2.45, 2.75) is 25.7 Å². The monoisotopic (exact) mass is 526 g/mol. The number of hydrogen-bond acceptors (Lipinski definition) is 8. The summed E-state index contributed by atoms with van der Waals surface area (Å²) in [5.41, 5.74) is 2.92. The fourth-order valence-electron chi connectivity index (χ4n) is 3.97. The summed E-state index contributed by atoms with van der Waals surface area (Å²) in [6.07, 6.45) is 3.25. The Morgan fingerprint density at radius 2 is 0.947 bits per heavy atom. The van der Waals surface area contributed by atoms with Gasteiger partial charge in [-0.1, -0.05) is 24.3 Å². The zero-order chi connectivity index (χ0) is 26.4. The fourth-order valence-corrected chi connectivity index (χ4v) is 3.97. The van der Waals surface area contributed by atoms with Crippen molar-refractivity contribution in [1.29, 1.82) is 0 Å². The van der Waals surface area contributed by atoms with Crippen molar-refractivity contribution >= 4 is 11.9 Å². The standard InChI is InChI=1S/C30H38O8/c31-29(37-15-3-1-13-33-17-23-19-35-20-23)27-9-5-25(6-10-27)26-7-11-28(12-8-26)30(32)38-16-4-2-14-34-18-24-21-36-22-24/h5-12,23-24H,1-4,13-22H2. The molecule has 0 aliphatic carbocycles. The summed E-state index contributed by atoms with van der Waals surface area (Å²) in [6, 6.07) is 14.5. The summed E-state index contributed by atoms with van der Waals surface area (Å²) >= 11 is 0. The van der Waals surface area contributed by atoms with Gasteiger partial charge < -0.3 is 28.4 Å². The molecule has 2 heterocycles. The number of rotatable bonds is 17. The Hall–Kier alpha value is -2.78. The molecule has 0 radical (unpaired) electrons. The average Bonchev–Trinajstić information content (AvgIpc) is 2.89. The molecule has 38 heavy (non-hydrogen) atoms. The molecule has 8 heteroatoms. The van der Waals surface area contributed by atoms with Crippen LogP contribution in [0.5, 0.6) is 0 Å². The van der Waals surface area contributed by atoms with E-state index in [-0.39, 0.29) is 11.9 Å². The molecule has 2 fully saturated rings. The van der Waals surface area contributed by atoms with Gasteiger partial charge in [0.15, 0.2) is 0 Å². The van der Waals surface area contributed by atoms with Gasteiger partial charge in [0.25, 0.3) is 0 Å². The Balaban J connectivity index is 1.09. The molecule has 2 aliphatic rings. The molecule has 206 valence electrons. The summed E-state index contributed by atoms with van der Waals surface area (Å²) < 4.78 is 32.2. The van der Waals surface area contributed by atoms with Crippen molar-refractivity contribution in [3.05, 3.63) is 59.7 Å². The number of unbranched alkanes of at least 4 members (excludes halogenated alkanes) is 2. The summed E-state index contributed by atoms with van der Waals surface area (Å²) in [4.78, 5) is 24.6. The molecule has 0 bridgehead atoms. The van der Waals surface area contributed by atoms with E-state index < -0.39 is 0 Å². The van der Waals surface area contributed by atoms with E-state index in [1.165, 1.54) is 0 Å². The molecule has 0 atom stereocenters. The van der Waals surface area contributed by atoms with Crippen LogP contribution in [0.15, 0.2) is 48.5 Å². The van der Waals surface area contributed by atoms with Crippen LogP contribution in [0.4, 0.5) is 0 Å². The Morgan fingerprint density at radius 3 is 1.29 bits per heavy atom. The minimum Gasteiger partial charge on any atom is -0.462 e. The van der Waals surface area contributed by atoms with Crippen molar-refractivity contribution in [1.82, 2.24) is 0 Å². The minimum absolute atomic E-state index is 0.332. The zero-order valence-corrected chi connectivity index (χ0v) is 21.9. The highest BCUT2D eigenvalue weighted by atomic mass is 16.5. The van der Waals surface area contributed by atoms with Crippen LogP contribution in [0.3, 0.4) is 0 Å². The SMILES string of the molecule is O=C(OCCCCOCC1COC1)c1ccc(-c2ccc(C(=O)OCCCCOCC3COC3)cc2)cc1. The third kappa shape index (κ3) is 9.20. The van der Waals surface area contributed by atoms with Crippen LogP contribution < -0.4 is 0 Å². The Bertz CT molecular complexity index is 899. The van der Waals surface area contributed by atoms with Gasteiger partial charge in [-0.2, -0.15) is 0 Å². The molecule has 2 saturated heterocycles. The number of benzene rings is 2. The molecular weight excluding hydrogens is 488 g/mol. The first kappa shape index (κ1) is 28.2. The second-order valence-corrected chi connectivity index (χ2v) is 9.80. The number of ether oxygens (including phenoxy) is 6. The van der Waals surface area contributed by atoms with E-state index >= 15 is 0 Å². The van der Waals surface area contributed by atoms with Crippen molar-refractivity contribution in [3.8, 4) is 11.1 Å². The van der Waals surface area contributed by atoms with Crippen molar-refractivity contribution in [3.63, 3.8) is 0 Å². The van der Waals surface area contributed by atoms with Gasteiger partial charge in [0.1, 0.15) is 0 Å². The third-order valence-electron chi connectivity index (χ3n) is 6.53. The quantitative estimate of drug-likeness (QED) is 0.219. The van der Waals surface area contributed by atoms with Gasteiger partial charge in [0.2, 0.25) is 0 Å². The Kier molecular flexibility index (Phi) is 11.6. The van der Waals surface area contributed by atoms with E-state index in [2.05, 4.69) is 0 Å². The van der Waals surface area contributed by atoms with Crippen LogP contribution in [0, 0.1) is 11.8 Å². The van der Waals surface area contributed by atoms with E-state index in [4.69, 9.17) is 28.4 Å². The third-order valence-corrected chi connectivity index (χ3v) is 6.53. The largest absolute Gasteiger partial charge is 0.462 e. The van der Waals surface area contributed by atoms with Crippen molar-refractivity contribution < 1.29 is 38.0 Å². The van der Waals surface area contributed by atoms with Crippen molar-refractivity contribution in [2.24, 2.45) is 11.8 Å². The van der Waals surface area contributed by atoms with Gasteiger partial charge in [-0.15, -0.1) is 0 Å². The predicted octanol–water partition coefficient (Wildman–Crippen LogP) is 4.55. The lowest BCUT2D eigenvalue weighted by atomic mass is 10.0. The first-order valence-corrected chi connectivity index (χ1v) is 13.5. The fraction of sp³-hybridized carbons (Fsp3) is 0.533. The van der Waals surface area contributed by atoms with Gasteiger partial charge in [-0.05, 0) is 61.1 Å². The first-order valence-electron chi connectivity index (χ1n) is 13.5. The molecule has 4 rings (SSSR count). The van der Waals surface area contributed by atoms with E-state index in [0.717, 1.165) is 76.5 Å². The summed E-state index contributed by atoms with van der Waals surface area (Å²) in [6.45, 7) is 6.76. The van der Waals surface area contributed by atoms with Gasteiger partial charge in [-0.25, -0.2) is 9.59 Å². The van der Waals surface area contributed by atoms with E-state index in [1.54, 1.807) is 24.3 Å². The van der Waals surface area contributed by atoms with E-state index in [0.29, 0.717) is 49.4 Å². The normalized spacial score (nSPS) is 15.5. The molecule has 0 saturated carbocycles. The molecule has 2 aliphatic heterocycles. The molecule has 8 nitrogen and oxygen atoms in total. The first-order chi connectivity index (χ1) is 18.7. The maximum absolute atomic E-state index is 12.3. The van der Waals surface area contributed by atoms with E-state index in [9.17, 15) is 9.59 Å². The number of esters is 2. The molecule has 0 spiro atoms. The molecule has 0 aromatic heterocycles. The van der Waals surface area contributed by atoms with Gasteiger partial charge in [-0.3, -0.25) is 0 Å². The Morgan fingerprint density at radius 1 is 0.579 bits per heavy atom. The second-order valence-electron chi connectivity index (χ2n) is 9.80. The molecular formula is C30H38O8. The highest BCUT2D eigenvalue weighted by Gasteiger charge is 2.18. The number of carbonyl (C=O) groups excluding carboxylic acids is 2. The summed E-state index contributed by atoms with van der Waals surface area (Å²) in [5.74, 6) is 0.409. The van der Waals surface area contributed by atoms with Crippen LogP contribution in [0.2, 0.25) is 0 Å². The molecule has 0 amide bonds. The van der Waals surface area contributed by atoms with Crippen LogP contribution in [-0.4, -0.2) is 78.0 Å². The van der Waals surface area contributed by atoms with Crippen LogP contribution >= 0.6 is 0 Å². The van der Waals surface area contributed by atoms with E-state index in [1.807, 2.05) is 24.3 Å². The number of hydrogen-bond donors (Lipinski definition) is 0. The van der Waals surface area contributed by atoms with Crippen LogP contribution in [0.25, 0.3) is 11.1 Å².